The highest BCUT2D eigenvalue weighted by Crippen LogP contribution is 2.40. The smallest absolute Gasteiger partial charge is 0.141 e. The van der Waals surface area contributed by atoms with Crippen LogP contribution in [-0.2, 0) is 12.8 Å². The number of rotatable bonds is 2. The van der Waals surface area contributed by atoms with Gasteiger partial charge in [0.15, 0.2) is 0 Å². The van der Waals surface area contributed by atoms with E-state index >= 15 is 0 Å². The number of aromatic nitrogens is 2. The number of fused-ring (bicyclic) bond motifs is 3. The Hall–Kier alpha value is -1.16. The molecular weight excluding hydrogens is 290 g/mol. The normalized spacial score (nSPS) is 19.0. The Balaban J connectivity index is 1.91. The summed E-state index contributed by atoms with van der Waals surface area (Å²) in [6, 6.07) is 0. The van der Waals surface area contributed by atoms with E-state index in [1.165, 1.54) is 61.0 Å². The number of thiophene rings is 1. The molecule has 4 rings (SSSR count). The van der Waals surface area contributed by atoms with Crippen molar-refractivity contribution in [1.29, 1.82) is 0 Å². The van der Waals surface area contributed by atoms with E-state index in [2.05, 4.69) is 18.7 Å². The molecule has 3 nitrogen and oxygen atoms in total. The zero-order valence-electron chi connectivity index (χ0n) is 13.7. The Kier molecular flexibility index (Phi) is 3.81. The van der Waals surface area contributed by atoms with E-state index in [1.807, 2.05) is 11.3 Å². The molecule has 2 aromatic heterocycles. The standard InChI is InChI=1S/C18H25N3S/c1-12(2)16-19-17(21-10-6-3-7-11-21)15-13-8-4-5-9-14(13)22-18(15)20-16/h12H,3-11H2,1-2H3. The molecule has 0 aromatic carbocycles. The molecule has 1 saturated heterocycles. The maximum atomic E-state index is 5.03. The van der Waals surface area contributed by atoms with Gasteiger partial charge in [-0.3, -0.25) is 0 Å². The topological polar surface area (TPSA) is 29.0 Å². The van der Waals surface area contributed by atoms with E-state index in [1.54, 1.807) is 10.4 Å². The van der Waals surface area contributed by atoms with Crippen LogP contribution in [-0.4, -0.2) is 23.1 Å². The molecule has 118 valence electrons. The van der Waals surface area contributed by atoms with Crippen molar-refractivity contribution in [3.63, 3.8) is 0 Å². The van der Waals surface area contributed by atoms with Gasteiger partial charge in [0, 0.05) is 23.9 Å². The molecule has 0 spiro atoms. The van der Waals surface area contributed by atoms with Gasteiger partial charge in [-0.05, 0) is 50.5 Å². The molecule has 0 saturated carbocycles. The minimum Gasteiger partial charge on any atom is -0.356 e. The lowest BCUT2D eigenvalue weighted by molar-refractivity contribution is 0.572. The number of hydrogen-bond acceptors (Lipinski definition) is 4. The first-order valence-electron chi connectivity index (χ1n) is 8.81. The van der Waals surface area contributed by atoms with E-state index in [-0.39, 0.29) is 0 Å². The monoisotopic (exact) mass is 315 g/mol. The van der Waals surface area contributed by atoms with Crippen molar-refractivity contribution >= 4 is 27.4 Å². The molecule has 0 amide bonds. The van der Waals surface area contributed by atoms with Gasteiger partial charge in [-0.1, -0.05) is 13.8 Å². The summed E-state index contributed by atoms with van der Waals surface area (Å²) in [7, 11) is 0. The van der Waals surface area contributed by atoms with Crippen molar-refractivity contribution in [2.45, 2.75) is 64.7 Å². The van der Waals surface area contributed by atoms with Crippen molar-refractivity contribution in [2.24, 2.45) is 0 Å². The van der Waals surface area contributed by atoms with E-state index in [0.717, 1.165) is 18.9 Å². The number of hydrogen-bond donors (Lipinski definition) is 0. The predicted molar refractivity (Wildman–Crippen MR) is 94.2 cm³/mol. The lowest BCUT2D eigenvalue weighted by atomic mass is 9.96. The zero-order chi connectivity index (χ0) is 15.1. The summed E-state index contributed by atoms with van der Waals surface area (Å²) in [6.07, 6.45) is 9.09. The molecule has 0 atom stereocenters. The Labute approximate surface area is 136 Å². The van der Waals surface area contributed by atoms with Gasteiger partial charge < -0.3 is 4.90 Å². The summed E-state index contributed by atoms with van der Waals surface area (Å²) in [5.74, 6) is 2.66. The minimum atomic E-state index is 0.395. The van der Waals surface area contributed by atoms with E-state index in [0.29, 0.717) is 5.92 Å². The maximum absolute atomic E-state index is 5.03. The Morgan fingerprint density at radius 1 is 0.955 bits per heavy atom. The summed E-state index contributed by atoms with van der Waals surface area (Å²) in [6.45, 7) is 6.73. The van der Waals surface area contributed by atoms with Gasteiger partial charge >= 0.3 is 0 Å². The average molecular weight is 315 g/mol. The Morgan fingerprint density at radius 2 is 1.73 bits per heavy atom. The van der Waals surface area contributed by atoms with E-state index in [9.17, 15) is 0 Å². The molecule has 1 fully saturated rings. The fourth-order valence-electron chi connectivity index (χ4n) is 3.75. The van der Waals surface area contributed by atoms with Crippen LogP contribution in [0.1, 0.15) is 68.1 Å². The fourth-order valence-corrected chi connectivity index (χ4v) is 5.01. The SMILES string of the molecule is CC(C)c1nc(N2CCCCC2)c2c3c(sc2n1)CCCC3. The molecule has 2 aliphatic rings. The molecule has 1 aliphatic heterocycles. The summed E-state index contributed by atoms with van der Waals surface area (Å²) >= 11 is 1.93. The Bertz CT molecular complexity index is 683. The van der Waals surface area contributed by atoms with Crippen LogP contribution in [0.25, 0.3) is 10.2 Å². The quantitative estimate of drug-likeness (QED) is 0.805. The number of anilines is 1. The van der Waals surface area contributed by atoms with Crippen LogP contribution in [0.5, 0.6) is 0 Å². The summed E-state index contributed by atoms with van der Waals surface area (Å²) < 4.78 is 0. The summed E-state index contributed by atoms with van der Waals surface area (Å²) in [5.41, 5.74) is 1.57. The van der Waals surface area contributed by atoms with Gasteiger partial charge in [-0.15, -0.1) is 11.3 Å². The summed E-state index contributed by atoms with van der Waals surface area (Å²) in [4.78, 5) is 15.3. The molecule has 4 heteroatoms. The average Bonchev–Trinajstić information content (AvgIpc) is 2.93. The predicted octanol–water partition coefficient (Wildman–Crippen LogP) is 4.68. The molecule has 0 unspecified atom stereocenters. The maximum Gasteiger partial charge on any atom is 0.141 e. The second-order valence-electron chi connectivity index (χ2n) is 7.00. The lowest BCUT2D eigenvalue weighted by Crippen LogP contribution is -2.30. The second-order valence-corrected chi connectivity index (χ2v) is 8.08. The third kappa shape index (κ3) is 2.41. The molecule has 22 heavy (non-hydrogen) atoms. The number of nitrogens with zero attached hydrogens (tertiary/aromatic N) is 3. The molecule has 2 aromatic rings. The van der Waals surface area contributed by atoms with Gasteiger partial charge in [0.1, 0.15) is 16.5 Å². The molecular formula is C18H25N3S. The van der Waals surface area contributed by atoms with Gasteiger partial charge in [0.2, 0.25) is 0 Å². The van der Waals surface area contributed by atoms with Crippen molar-refractivity contribution in [3.05, 3.63) is 16.3 Å². The highest BCUT2D eigenvalue weighted by atomic mass is 32.1. The first kappa shape index (κ1) is 14.4. The molecule has 0 radical (unpaired) electrons. The zero-order valence-corrected chi connectivity index (χ0v) is 14.5. The van der Waals surface area contributed by atoms with E-state index in [4.69, 9.17) is 9.97 Å². The minimum absolute atomic E-state index is 0.395. The van der Waals surface area contributed by atoms with Gasteiger partial charge in [-0.25, -0.2) is 9.97 Å². The van der Waals surface area contributed by atoms with Crippen molar-refractivity contribution in [3.8, 4) is 0 Å². The third-order valence-corrected chi connectivity index (χ3v) is 6.17. The highest BCUT2D eigenvalue weighted by molar-refractivity contribution is 7.19. The van der Waals surface area contributed by atoms with Gasteiger partial charge in [0.05, 0.1) is 5.39 Å². The van der Waals surface area contributed by atoms with E-state index < -0.39 is 0 Å². The summed E-state index contributed by atoms with van der Waals surface area (Å²) in [5, 5.41) is 1.39. The van der Waals surface area contributed by atoms with Crippen LogP contribution in [0.4, 0.5) is 5.82 Å². The largest absolute Gasteiger partial charge is 0.356 e. The van der Waals surface area contributed by atoms with Gasteiger partial charge in [0.25, 0.3) is 0 Å². The van der Waals surface area contributed by atoms with Crippen molar-refractivity contribution in [2.75, 3.05) is 18.0 Å². The first-order valence-corrected chi connectivity index (χ1v) is 9.63. The third-order valence-electron chi connectivity index (χ3n) is 4.98. The molecule has 3 heterocycles. The molecule has 0 N–H and O–H groups in total. The highest BCUT2D eigenvalue weighted by Gasteiger charge is 2.25. The van der Waals surface area contributed by atoms with Crippen LogP contribution in [0.2, 0.25) is 0 Å². The van der Waals surface area contributed by atoms with Crippen LogP contribution in [0.15, 0.2) is 0 Å². The fraction of sp³-hybridized carbons (Fsp3) is 0.667. The van der Waals surface area contributed by atoms with Crippen LogP contribution >= 0.6 is 11.3 Å². The van der Waals surface area contributed by atoms with Crippen molar-refractivity contribution < 1.29 is 0 Å². The first-order chi connectivity index (χ1) is 10.7. The Morgan fingerprint density at radius 3 is 2.50 bits per heavy atom. The second kappa shape index (κ2) is 5.80. The van der Waals surface area contributed by atoms with Gasteiger partial charge in [-0.2, -0.15) is 0 Å². The van der Waals surface area contributed by atoms with Crippen LogP contribution < -0.4 is 4.90 Å². The van der Waals surface area contributed by atoms with Crippen molar-refractivity contribution in [1.82, 2.24) is 9.97 Å². The molecule has 1 aliphatic carbocycles. The van der Waals surface area contributed by atoms with Crippen LogP contribution in [0, 0.1) is 0 Å². The lowest BCUT2D eigenvalue weighted by Gasteiger charge is -2.29. The number of piperidine rings is 1. The molecule has 0 bridgehead atoms. The number of aryl methyl sites for hydroxylation is 2. The van der Waals surface area contributed by atoms with Crippen LogP contribution in [0.3, 0.4) is 0 Å².